The zero-order valence-electron chi connectivity index (χ0n) is 19.3. The summed E-state index contributed by atoms with van der Waals surface area (Å²) >= 11 is 0. The van der Waals surface area contributed by atoms with Crippen LogP contribution in [-0.4, -0.2) is 37.8 Å². The molecule has 0 saturated heterocycles. The van der Waals surface area contributed by atoms with Gasteiger partial charge in [-0.1, -0.05) is 24.4 Å². The molecule has 0 aromatic carbocycles. The van der Waals surface area contributed by atoms with Gasteiger partial charge in [0, 0.05) is 30.1 Å². The van der Waals surface area contributed by atoms with Crippen molar-refractivity contribution in [2.45, 2.75) is 65.5 Å². The Balaban J connectivity index is 1.51. The van der Waals surface area contributed by atoms with Crippen LogP contribution in [0.3, 0.4) is 0 Å². The average molecular weight is 451 g/mol. The number of nitrogens with zero attached hydrogens (tertiary/aromatic N) is 4. The van der Waals surface area contributed by atoms with Crippen molar-refractivity contribution in [3.63, 3.8) is 0 Å². The lowest BCUT2D eigenvalue weighted by Crippen LogP contribution is -2.49. The lowest BCUT2D eigenvalue weighted by Gasteiger charge is -2.30. The van der Waals surface area contributed by atoms with Gasteiger partial charge < -0.3 is 15.2 Å². The number of anilines is 1. The van der Waals surface area contributed by atoms with E-state index in [1.54, 1.807) is 29.2 Å². The Morgan fingerprint density at radius 3 is 2.61 bits per heavy atom. The van der Waals surface area contributed by atoms with E-state index < -0.39 is 6.04 Å². The predicted octanol–water partition coefficient (Wildman–Crippen LogP) is 3.89. The number of pyridine rings is 1. The Hall–Kier alpha value is -3.49. The second-order valence-corrected chi connectivity index (χ2v) is 8.50. The minimum absolute atomic E-state index is 0.0854. The molecule has 9 nitrogen and oxygen atoms in total. The summed E-state index contributed by atoms with van der Waals surface area (Å²) in [5.41, 5.74) is 3.01. The van der Waals surface area contributed by atoms with Gasteiger partial charge in [-0.05, 0) is 57.7 Å². The van der Waals surface area contributed by atoms with Crippen molar-refractivity contribution in [1.82, 2.24) is 25.2 Å². The van der Waals surface area contributed by atoms with E-state index in [0.29, 0.717) is 18.1 Å². The lowest BCUT2D eigenvalue weighted by molar-refractivity contribution is -0.119. The van der Waals surface area contributed by atoms with Gasteiger partial charge >= 0.3 is 0 Å². The molecule has 0 radical (unpaired) electrons. The van der Waals surface area contributed by atoms with Gasteiger partial charge in [0.2, 0.25) is 5.91 Å². The molecule has 1 aliphatic carbocycles. The topological polar surface area (TPSA) is 115 Å². The highest BCUT2D eigenvalue weighted by molar-refractivity contribution is 6.00. The van der Waals surface area contributed by atoms with Crippen LogP contribution in [-0.2, 0) is 11.3 Å². The van der Waals surface area contributed by atoms with E-state index in [0.717, 1.165) is 54.7 Å². The zero-order valence-corrected chi connectivity index (χ0v) is 19.3. The number of aromatic nitrogens is 4. The SMILES string of the molecule is CCn1nccc1C(=O)NC(C(=O)Nc1ccc(-c2c(C)noc2C)cn1)C1CCCCC1. The molecule has 1 atom stereocenters. The van der Waals surface area contributed by atoms with E-state index >= 15 is 0 Å². The van der Waals surface area contributed by atoms with Gasteiger partial charge in [-0.2, -0.15) is 5.10 Å². The summed E-state index contributed by atoms with van der Waals surface area (Å²) in [6.45, 7) is 6.24. The van der Waals surface area contributed by atoms with Crippen molar-refractivity contribution in [1.29, 1.82) is 0 Å². The molecule has 33 heavy (non-hydrogen) atoms. The molecule has 1 unspecified atom stereocenters. The molecule has 2 amide bonds. The van der Waals surface area contributed by atoms with Crippen LogP contribution >= 0.6 is 0 Å². The summed E-state index contributed by atoms with van der Waals surface area (Å²) in [6.07, 6.45) is 8.37. The molecule has 1 aliphatic rings. The van der Waals surface area contributed by atoms with Crippen LogP contribution in [0.4, 0.5) is 5.82 Å². The maximum atomic E-state index is 13.3. The number of carbonyl (C=O) groups excluding carboxylic acids is 2. The highest BCUT2D eigenvalue weighted by atomic mass is 16.5. The molecular formula is C24H30N6O3. The third kappa shape index (κ3) is 4.97. The third-order valence-corrected chi connectivity index (χ3v) is 6.28. The van der Waals surface area contributed by atoms with Gasteiger partial charge in [0.05, 0.1) is 5.69 Å². The van der Waals surface area contributed by atoms with Crippen molar-refractivity contribution >= 4 is 17.6 Å². The van der Waals surface area contributed by atoms with Crippen LogP contribution in [0.2, 0.25) is 0 Å². The van der Waals surface area contributed by atoms with Crippen LogP contribution in [0, 0.1) is 19.8 Å². The summed E-state index contributed by atoms with van der Waals surface area (Å²) < 4.78 is 6.86. The van der Waals surface area contributed by atoms with Gasteiger partial charge in [-0.25, -0.2) is 4.98 Å². The van der Waals surface area contributed by atoms with E-state index in [4.69, 9.17) is 4.52 Å². The summed E-state index contributed by atoms with van der Waals surface area (Å²) in [6, 6.07) is 4.67. The molecule has 174 valence electrons. The maximum Gasteiger partial charge on any atom is 0.270 e. The fourth-order valence-corrected chi connectivity index (χ4v) is 4.57. The molecular weight excluding hydrogens is 420 g/mol. The van der Waals surface area contributed by atoms with Crippen LogP contribution in [0.15, 0.2) is 35.1 Å². The first-order chi connectivity index (χ1) is 16.0. The minimum Gasteiger partial charge on any atom is -0.361 e. The lowest BCUT2D eigenvalue weighted by atomic mass is 9.83. The number of nitrogens with one attached hydrogen (secondary N) is 2. The van der Waals surface area contributed by atoms with Crippen molar-refractivity contribution < 1.29 is 14.1 Å². The number of aryl methyl sites for hydroxylation is 3. The second-order valence-electron chi connectivity index (χ2n) is 8.50. The molecule has 0 bridgehead atoms. The van der Waals surface area contributed by atoms with E-state index in [9.17, 15) is 9.59 Å². The Morgan fingerprint density at radius 1 is 1.18 bits per heavy atom. The van der Waals surface area contributed by atoms with Crippen LogP contribution in [0.5, 0.6) is 0 Å². The highest BCUT2D eigenvalue weighted by Crippen LogP contribution is 2.29. The molecule has 3 heterocycles. The molecule has 4 rings (SSSR count). The average Bonchev–Trinajstić information content (AvgIpc) is 3.44. The van der Waals surface area contributed by atoms with Crippen molar-refractivity contribution in [2.24, 2.45) is 5.92 Å². The molecule has 1 fully saturated rings. The Kier molecular flexibility index (Phi) is 6.86. The normalized spacial score (nSPS) is 15.2. The molecule has 3 aromatic rings. The summed E-state index contributed by atoms with van der Waals surface area (Å²) in [5.74, 6) is 0.695. The van der Waals surface area contributed by atoms with Gasteiger partial charge in [0.1, 0.15) is 23.3 Å². The molecule has 0 spiro atoms. The van der Waals surface area contributed by atoms with E-state index in [2.05, 4.69) is 25.9 Å². The van der Waals surface area contributed by atoms with E-state index in [1.165, 1.54) is 0 Å². The number of rotatable bonds is 7. The maximum absolute atomic E-state index is 13.3. The standard InChI is InChI=1S/C24H30N6O3/c1-4-30-19(12-13-26-30)23(31)28-22(17-8-6-5-7-9-17)24(32)27-20-11-10-18(14-25-20)21-15(2)29-33-16(21)3/h10-14,17,22H,4-9H2,1-3H3,(H,28,31)(H,25,27,32). The monoisotopic (exact) mass is 450 g/mol. The Morgan fingerprint density at radius 2 is 1.97 bits per heavy atom. The highest BCUT2D eigenvalue weighted by Gasteiger charge is 2.32. The summed E-state index contributed by atoms with van der Waals surface area (Å²) in [5, 5.41) is 14.0. The first-order valence-corrected chi connectivity index (χ1v) is 11.5. The van der Waals surface area contributed by atoms with Crippen LogP contribution < -0.4 is 10.6 Å². The molecule has 9 heteroatoms. The van der Waals surface area contributed by atoms with Crippen molar-refractivity contribution in [3.05, 3.63) is 47.7 Å². The van der Waals surface area contributed by atoms with Crippen molar-refractivity contribution in [3.8, 4) is 11.1 Å². The van der Waals surface area contributed by atoms with Gasteiger partial charge in [-0.3, -0.25) is 14.3 Å². The molecule has 3 aromatic heterocycles. The summed E-state index contributed by atoms with van der Waals surface area (Å²) in [7, 11) is 0. The first kappa shape index (κ1) is 22.7. The molecule has 2 N–H and O–H groups in total. The number of carbonyl (C=O) groups is 2. The fourth-order valence-electron chi connectivity index (χ4n) is 4.57. The van der Waals surface area contributed by atoms with E-state index in [-0.39, 0.29) is 17.7 Å². The minimum atomic E-state index is -0.637. The number of amides is 2. The number of hydrogen-bond acceptors (Lipinski definition) is 6. The van der Waals surface area contributed by atoms with Crippen molar-refractivity contribution in [2.75, 3.05) is 5.32 Å². The largest absolute Gasteiger partial charge is 0.361 e. The quantitative estimate of drug-likeness (QED) is 0.564. The Bertz CT molecular complexity index is 1090. The molecule has 1 saturated carbocycles. The first-order valence-electron chi connectivity index (χ1n) is 11.5. The van der Waals surface area contributed by atoms with E-state index in [1.807, 2.05) is 26.8 Å². The van der Waals surface area contributed by atoms with Gasteiger partial charge in [0.15, 0.2) is 0 Å². The third-order valence-electron chi connectivity index (χ3n) is 6.28. The fraction of sp³-hybridized carbons (Fsp3) is 0.458. The van der Waals surface area contributed by atoms with Crippen LogP contribution in [0.1, 0.15) is 61.0 Å². The zero-order chi connectivity index (χ0) is 23.4. The second kappa shape index (κ2) is 9.97. The smallest absolute Gasteiger partial charge is 0.270 e. The molecule has 0 aliphatic heterocycles. The van der Waals surface area contributed by atoms with Crippen LogP contribution in [0.25, 0.3) is 11.1 Å². The summed E-state index contributed by atoms with van der Waals surface area (Å²) in [4.78, 5) is 30.6. The van der Waals surface area contributed by atoms with Gasteiger partial charge in [-0.15, -0.1) is 0 Å². The number of hydrogen-bond donors (Lipinski definition) is 2. The van der Waals surface area contributed by atoms with Gasteiger partial charge in [0.25, 0.3) is 5.91 Å². The Labute approximate surface area is 192 Å². The predicted molar refractivity (Wildman–Crippen MR) is 124 cm³/mol.